The number of aromatic nitrogens is 1. The number of carboxylic acid groups (broad SMARTS) is 1. The minimum absolute atomic E-state index is 0.287. The molecule has 0 amide bonds. The van der Waals surface area contributed by atoms with E-state index in [1.807, 2.05) is 12.1 Å². The second-order valence-electron chi connectivity index (χ2n) is 8.64. The molecule has 0 aliphatic carbocycles. The predicted octanol–water partition coefficient (Wildman–Crippen LogP) is 8.79. The van der Waals surface area contributed by atoms with Gasteiger partial charge in [0, 0.05) is 36.0 Å². The maximum absolute atomic E-state index is 10.9. The lowest BCUT2D eigenvalue weighted by Gasteiger charge is -2.08. The molecule has 1 N–H and O–H groups in total. The third-order valence-electron chi connectivity index (χ3n) is 6.34. The van der Waals surface area contributed by atoms with Gasteiger partial charge in [-0.05, 0) is 66.2 Å². The van der Waals surface area contributed by atoms with Crippen LogP contribution in [0.25, 0.3) is 53.8 Å². The van der Waals surface area contributed by atoms with Gasteiger partial charge in [0.2, 0.25) is 0 Å². The largest absolute Gasteiger partial charge is 0.477 e. The third kappa shape index (κ3) is 4.35. The molecule has 3 aromatic carbocycles. The highest BCUT2D eigenvalue weighted by molar-refractivity contribution is 7.24. The van der Waals surface area contributed by atoms with Crippen LogP contribution in [0.4, 0.5) is 0 Å². The monoisotopic (exact) mass is 528 g/mol. The van der Waals surface area contributed by atoms with Crippen molar-refractivity contribution in [1.29, 1.82) is 5.26 Å². The van der Waals surface area contributed by atoms with Gasteiger partial charge in [-0.2, -0.15) is 5.26 Å². The fraction of sp³-hybridized carbons (Fsp3) is 0. The van der Waals surface area contributed by atoms with E-state index in [1.165, 1.54) is 43.2 Å². The van der Waals surface area contributed by atoms with Crippen LogP contribution in [0.1, 0.15) is 4.88 Å². The van der Waals surface area contributed by atoms with E-state index in [-0.39, 0.29) is 5.57 Å². The van der Waals surface area contributed by atoms with Crippen LogP contribution >= 0.6 is 22.7 Å². The van der Waals surface area contributed by atoms with E-state index in [1.54, 1.807) is 34.8 Å². The molecule has 182 valence electrons. The van der Waals surface area contributed by atoms with Gasteiger partial charge in [0.25, 0.3) is 0 Å². The van der Waals surface area contributed by atoms with Crippen molar-refractivity contribution in [1.82, 2.24) is 4.57 Å². The van der Waals surface area contributed by atoms with E-state index in [0.717, 1.165) is 15.4 Å². The van der Waals surface area contributed by atoms with Gasteiger partial charge in [-0.15, -0.1) is 22.7 Å². The van der Waals surface area contributed by atoms with Crippen LogP contribution in [0.2, 0.25) is 0 Å². The Labute approximate surface area is 227 Å². The van der Waals surface area contributed by atoms with E-state index in [4.69, 9.17) is 10.4 Å². The third-order valence-corrected chi connectivity index (χ3v) is 8.72. The zero-order valence-electron chi connectivity index (χ0n) is 20.0. The van der Waals surface area contributed by atoms with Gasteiger partial charge in [-0.1, -0.05) is 54.6 Å². The zero-order valence-corrected chi connectivity index (χ0v) is 21.7. The highest BCUT2D eigenvalue weighted by atomic mass is 32.1. The van der Waals surface area contributed by atoms with Gasteiger partial charge in [0.15, 0.2) is 0 Å². The molecule has 0 bridgehead atoms. The first kappa shape index (κ1) is 23.7. The maximum Gasteiger partial charge on any atom is 0.346 e. The number of nitrogens with zero attached hydrogens (tertiary/aromatic N) is 2. The number of carbonyl (C=O) groups is 1. The Morgan fingerprint density at radius 3 is 2.03 bits per heavy atom. The summed E-state index contributed by atoms with van der Waals surface area (Å²) in [7, 11) is 0. The van der Waals surface area contributed by atoms with Crippen molar-refractivity contribution in [3.05, 3.63) is 120 Å². The standard InChI is InChI=1S/C32H20N2O2S2/c33-20-22(32(35)36)6-5-7-24-16-17-30(37-24)31-19-18-29(38-31)21-12-14-23(15-13-21)34-27-10-3-1-8-25(27)26-9-2-4-11-28(26)34/h1-19H,(H,35,36)/b7-5+,22-6-. The van der Waals surface area contributed by atoms with E-state index in [0.29, 0.717) is 0 Å². The Balaban J connectivity index is 1.26. The summed E-state index contributed by atoms with van der Waals surface area (Å²) >= 11 is 3.37. The molecule has 0 saturated heterocycles. The van der Waals surface area contributed by atoms with Crippen LogP contribution in [0, 0.1) is 11.3 Å². The Morgan fingerprint density at radius 2 is 1.37 bits per heavy atom. The molecular weight excluding hydrogens is 508 g/mol. The lowest BCUT2D eigenvalue weighted by Crippen LogP contribution is -1.96. The molecule has 0 spiro atoms. The Bertz CT molecular complexity index is 1860. The number of allylic oxidation sites excluding steroid dienone is 2. The first-order valence-electron chi connectivity index (χ1n) is 11.9. The van der Waals surface area contributed by atoms with E-state index >= 15 is 0 Å². The summed E-state index contributed by atoms with van der Waals surface area (Å²) in [5, 5.41) is 20.3. The zero-order chi connectivity index (χ0) is 26.1. The number of fused-ring (bicyclic) bond motifs is 3. The Hall–Kier alpha value is -4.70. The van der Waals surface area contributed by atoms with Gasteiger partial charge < -0.3 is 9.67 Å². The highest BCUT2D eigenvalue weighted by Gasteiger charge is 2.12. The predicted molar refractivity (Wildman–Crippen MR) is 158 cm³/mol. The molecule has 0 aliphatic heterocycles. The quantitative estimate of drug-likeness (QED) is 0.133. The number of hydrogen-bond acceptors (Lipinski definition) is 4. The molecule has 6 rings (SSSR count). The summed E-state index contributed by atoms with van der Waals surface area (Å²) in [4.78, 5) is 15.4. The van der Waals surface area contributed by atoms with Gasteiger partial charge in [-0.25, -0.2) is 4.79 Å². The van der Waals surface area contributed by atoms with Gasteiger partial charge in [0.05, 0.1) is 11.0 Å². The molecule has 6 aromatic rings. The number of benzene rings is 3. The number of nitriles is 1. The summed E-state index contributed by atoms with van der Waals surface area (Å²) in [6.45, 7) is 0. The normalized spacial score (nSPS) is 11.9. The lowest BCUT2D eigenvalue weighted by atomic mass is 10.1. The second kappa shape index (κ2) is 9.98. The molecule has 0 atom stereocenters. The Morgan fingerprint density at radius 1 is 0.763 bits per heavy atom. The molecule has 38 heavy (non-hydrogen) atoms. The van der Waals surface area contributed by atoms with Gasteiger partial charge in [0.1, 0.15) is 11.6 Å². The summed E-state index contributed by atoms with van der Waals surface area (Å²) in [6, 6.07) is 35.8. The van der Waals surface area contributed by atoms with Gasteiger partial charge >= 0.3 is 5.97 Å². The van der Waals surface area contributed by atoms with Gasteiger partial charge in [-0.3, -0.25) is 0 Å². The summed E-state index contributed by atoms with van der Waals surface area (Å²) in [5.41, 5.74) is 4.42. The summed E-state index contributed by atoms with van der Waals surface area (Å²) in [6.07, 6.45) is 4.73. The molecular formula is C32H20N2O2S2. The maximum atomic E-state index is 10.9. The van der Waals surface area contributed by atoms with Crippen molar-refractivity contribution in [2.75, 3.05) is 0 Å². The molecule has 3 heterocycles. The fourth-order valence-electron chi connectivity index (χ4n) is 4.57. The minimum Gasteiger partial charge on any atom is -0.477 e. The van der Waals surface area contributed by atoms with Crippen LogP contribution in [-0.2, 0) is 4.79 Å². The molecule has 0 aliphatic rings. The SMILES string of the molecule is N#C/C(=C/C=C/c1ccc(-c2ccc(-c3ccc(-n4c5ccccc5c5ccccc54)cc3)s2)s1)C(=O)O. The molecule has 6 heteroatoms. The Kier molecular flexibility index (Phi) is 6.22. The summed E-state index contributed by atoms with van der Waals surface area (Å²) in [5.74, 6) is -1.22. The highest BCUT2D eigenvalue weighted by Crippen LogP contribution is 2.39. The van der Waals surface area contributed by atoms with Crippen molar-refractivity contribution in [2.24, 2.45) is 0 Å². The smallest absolute Gasteiger partial charge is 0.346 e. The number of aliphatic carboxylic acids is 1. The van der Waals surface area contributed by atoms with Crippen molar-refractivity contribution in [3.63, 3.8) is 0 Å². The molecule has 0 fully saturated rings. The van der Waals surface area contributed by atoms with Crippen LogP contribution in [0.3, 0.4) is 0 Å². The van der Waals surface area contributed by atoms with E-state index < -0.39 is 5.97 Å². The minimum atomic E-state index is -1.22. The topological polar surface area (TPSA) is 66.0 Å². The average Bonchev–Trinajstić information content (AvgIpc) is 3.69. The van der Waals surface area contributed by atoms with Crippen molar-refractivity contribution < 1.29 is 9.90 Å². The van der Waals surface area contributed by atoms with Crippen LogP contribution in [0.5, 0.6) is 0 Å². The fourth-order valence-corrected chi connectivity index (χ4v) is 6.59. The van der Waals surface area contributed by atoms with Crippen molar-refractivity contribution >= 4 is 56.5 Å². The van der Waals surface area contributed by atoms with Crippen LogP contribution < -0.4 is 0 Å². The number of hydrogen-bond donors (Lipinski definition) is 1. The number of para-hydroxylation sites is 2. The van der Waals surface area contributed by atoms with E-state index in [2.05, 4.69) is 95.6 Å². The molecule has 4 nitrogen and oxygen atoms in total. The molecule has 0 radical (unpaired) electrons. The van der Waals surface area contributed by atoms with Crippen LogP contribution in [-0.4, -0.2) is 15.6 Å². The first-order valence-corrected chi connectivity index (χ1v) is 13.6. The molecule has 3 aromatic heterocycles. The lowest BCUT2D eigenvalue weighted by molar-refractivity contribution is -0.132. The summed E-state index contributed by atoms with van der Waals surface area (Å²) < 4.78 is 2.32. The van der Waals surface area contributed by atoms with Crippen LogP contribution in [0.15, 0.2) is 115 Å². The van der Waals surface area contributed by atoms with Crippen molar-refractivity contribution in [3.8, 4) is 32.0 Å². The molecule has 0 saturated carbocycles. The van der Waals surface area contributed by atoms with E-state index in [9.17, 15) is 4.79 Å². The number of rotatable bonds is 6. The molecule has 0 unspecified atom stereocenters. The second-order valence-corrected chi connectivity index (χ2v) is 10.8. The van der Waals surface area contributed by atoms with Crippen molar-refractivity contribution in [2.45, 2.75) is 0 Å². The number of carboxylic acids is 1. The first-order chi connectivity index (χ1) is 18.6. The average molecular weight is 529 g/mol. The number of thiophene rings is 2.